The maximum atomic E-state index is 14.2. The van der Waals surface area contributed by atoms with E-state index in [9.17, 15) is 31.5 Å². The van der Waals surface area contributed by atoms with Gasteiger partial charge in [0.1, 0.15) is 5.82 Å². The predicted molar refractivity (Wildman–Crippen MR) is 124 cm³/mol. The standard InChI is InChI=1S/C24H20ClF3N2O4S/c25-19-14-16(7-8-20(19)26)29-23(31)15-3-1-4-17(13-15)35(33,34)30-11-9-24(32,10-12-30)18-5-2-6-21(27)22(18)28/h1-8,13-14,32H,9-12H2,(H,29,31). The molecule has 35 heavy (non-hydrogen) atoms. The summed E-state index contributed by atoms with van der Waals surface area (Å²) in [7, 11) is -4.05. The molecule has 0 saturated carbocycles. The molecule has 1 aliphatic rings. The molecule has 4 rings (SSSR count). The molecule has 11 heteroatoms. The van der Waals surface area contributed by atoms with Crippen molar-refractivity contribution in [1.29, 1.82) is 0 Å². The van der Waals surface area contributed by atoms with Gasteiger partial charge in [-0.15, -0.1) is 0 Å². The third-order valence-corrected chi connectivity index (χ3v) is 8.10. The van der Waals surface area contributed by atoms with Crippen molar-refractivity contribution in [3.63, 3.8) is 0 Å². The van der Waals surface area contributed by atoms with E-state index >= 15 is 0 Å². The number of anilines is 1. The number of carbonyl (C=O) groups excluding carboxylic acids is 1. The first-order valence-electron chi connectivity index (χ1n) is 10.5. The Kier molecular flexibility index (Phi) is 6.92. The van der Waals surface area contributed by atoms with Crippen LogP contribution in [0.5, 0.6) is 0 Å². The summed E-state index contributed by atoms with van der Waals surface area (Å²) in [5.74, 6) is -3.53. The second-order valence-corrected chi connectivity index (χ2v) is 10.5. The van der Waals surface area contributed by atoms with Gasteiger partial charge in [-0.2, -0.15) is 4.31 Å². The lowest BCUT2D eigenvalue weighted by Gasteiger charge is -2.38. The van der Waals surface area contributed by atoms with Gasteiger partial charge in [0.2, 0.25) is 10.0 Å². The number of piperidine rings is 1. The van der Waals surface area contributed by atoms with Gasteiger partial charge in [0.05, 0.1) is 15.5 Å². The number of hydrogen-bond acceptors (Lipinski definition) is 4. The summed E-state index contributed by atoms with van der Waals surface area (Å²) in [4.78, 5) is 12.5. The van der Waals surface area contributed by atoms with E-state index in [0.29, 0.717) is 0 Å². The zero-order valence-corrected chi connectivity index (χ0v) is 19.7. The second kappa shape index (κ2) is 9.62. The third-order valence-electron chi connectivity index (χ3n) is 5.91. The molecule has 1 heterocycles. The summed E-state index contributed by atoms with van der Waals surface area (Å²) >= 11 is 5.72. The molecule has 1 saturated heterocycles. The van der Waals surface area contributed by atoms with Gasteiger partial charge < -0.3 is 10.4 Å². The van der Waals surface area contributed by atoms with Gasteiger partial charge in [-0.25, -0.2) is 21.6 Å². The highest BCUT2D eigenvalue weighted by molar-refractivity contribution is 7.89. The maximum absolute atomic E-state index is 14.2. The van der Waals surface area contributed by atoms with Gasteiger partial charge >= 0.3 is 0 Å². The van der Waals surface area contributed by atoms with Gasteiger partial charge in [-0.05, 0) is 55.3 Å². The summed E-state index contributed by atoms with van der Waals surface area (Å²) in [6.45, 7) is -0.279. The van der Waals surface area contributed by atoms with E-state index in [2.05, 4.69) is 5.32 Å². The van der Waals surface area contributed by atoms with Gasteiger partial charge in [0.25, 0.3) is 5.91 Å². The topological polar surface area (TPSA) is 86.7 Å². The molecule has 1 amide bonds. The molecule has 3 aromatic carbocycles. The molecule has 0 radical (unpaired) electrons. The summed E-state index contributed by atoms with van der Waals surface area (Å²) in [5.41, 5.74) is -1.65. The van der Waals surface area contributed by atoms with Crippen LogP contribution in [0.15, 0.2) is 65.6 Å². The van der Waals surface area contributed by atoms with Crippen molar-refractivity contribution < 1.29 is 31.5 Å². The Labute approximate surface area is 205 Å². The van der Waals surface area contributed by atoms with Crippen molar-refractivity contribution in [3.05, 3.63) is 94.3 Å². The van der Waals surface area contributed by atoms with Crippen LogP contribution < -0.4 is 5.32 Å². The SMILES string of the molecule is O=C(Nc1ccc(F)c(Cl)c1)c1cccc(S(=O)(=O)N2CCC(O)(c3cccc(F)c3F)CC2)c1. The van der Waals surface area contributed by atoms with Crippen LogP contribution in [0.25, 0.3) is 0 Å². The first-order valence-corrected chi connectivity index (χ1v) is 12.4. The lowest BCUT2D eigenvalue weighted by Crippen LogP contribution is -2.45. The normalized spacial score (nSPS) is 16.1. The van der Waals surface area contributed by atoms with Crippen LogP contribution in [0.1, 0.15) is 28.8 Å². The minimum absolute atomic E-state index is 0.0434. The van der Waals surface area contributed by atoms with Crippen molar-refractivity contribution >= 4 is 33.2 Å². The molecule has 184 valence electrons. The Morgan fingerprint density at radius 1 is 0.971 bits per heavy atom. The maximum Gasteiger partial charge on any atom is 0.255 e. The Morgan fingerprint density at radius 2 is 1.66 bits per heavy atom. The van der Waals surface area contributed by atoms with Crippen molar-refractivity contribution in [2.24, 2.45) is 0 Å². The number of amides is 1. The highest BCUT2D eigenvalue weighted by Crippen LogP contribution is 2.36. The number of benzene rings is 3. The van der Waals surface area contributed by atoms with Crippen molar-refractivity contribution in [2.45, 2.75) is 23.3 Å². The minimum atomic E-state index is -4.05. The van der Waals surface area contributed by atoms with Gasteiger partial charge in [0, 0.05) is 29.9 Å². The molecule has 1 aliphatic heterocycles. The van der Waals surface area contributed by atoms with E-state index < -0.39 is 39.0 Å². The molecule has 0 atom stereocenters. The Balaban J connectivity index is 1.50. The average molecular weight is 525 g/mol. The van der Waals surface area contributed by atoms with Crippen molar-refractivity contribution in [2.75, 3.05) is 18.4 Å². The van der Waals surface area contributed by atoms with Crippen LogP contribution in [0.4, 0.5) is 18.9 Å². The fraction of sp³-hybridized carbons (Fsp3) is 0.208. The molecular formula is C24H20ClF3N2O4S. The number of nitrogens with one attached hydrogen (secondary N) is 1. The number of sulfonamides is 1. The average Bonchev–Trinajstić information content (AvgIpc) is 2.83. The molecular weight excluding hydrogens is 505 g/mol. The lowest BCUT2D eigenvalue weighted by atomic mass is 9.85. The van der Waals surface area contributed by atoms with Crippen LogP contribution in [0, 0.1) is 17.5 Å². The highest BCUT2D eigenvalue weighted by Gasteiger charge is 2.40. The molecule has 2 N–H and O–H groups in total. The molecule has 0 bridgehead atoms. The van der Waals surface area contributed by atoms with E-state index in [-0.39, 0.29) is 52.7 Å². The summed E-state index contributed by atoms with van der Waals surface area (Å²) in [5, 5.41) is 13.2. The lowest BCUT2D eigenvalue weighted by molar-refractivity contribution is -0.0130. The summed E-state index contributed by atoms with van der Waals surface area (Å²) in [6, 6.07) is 12.5. The Hall–Kier alpha value is -2.92. The zero-order valence-electron chi connectivity index (χ0n) is 18.1. The number of aliphatic hydroxyl groups is 1. The van der Waals surface area contributed by atoms with E-state index in [1.165, 1.54) is 48.5 Å². The molecule has 6 nitrogen and oxygen atoms in total. The number of hydrogen-bond donors (Lipinski definition) is 2. The first-order chi connectivity index (χ1) is 16.5. The Bertz CT molecular complexity index is 1390. The van der Waals surface area contributed by atoms with Crippen molar-refractivity contribution in [3.8, 4) is 0 Å². The van der Waals surface area contributed by atoms with E-state index in [1.54, 1.807) is 0 Å². The van der Waals surface area contributed by atoms with Gasteiger partial charge in [0.15, 0.2) is 11.6 Å². The Morgan fingerprint density at radius 3 is 2.34 bits per heavy atom. The van der Waals surface area contributed by atoms with Crippen LogP contribution in [0.2, 0.25) is 5.02 Å². The number of carbonyl (C=O) groups is 1. The van der Waals surface area contributed by atoms with E-state index in [4.69, 9.17) is 11.6 Å². The molecule has 0 aliphatic carbocycles. The smallest absolute Gasteiger partial charge is 0.255 e. The van der Waals surface area contributed by atoms with E-state index in [0.717, 1.165) is 16.4 Å². The zero-order chi connectivity index (χ0) is 25.4. The van der Waals surface area contributed by atoms with Gasteiger partial charge in [-0.3, -0.25) is 4.79 Å². The summed E-state index contributed by atoms with van der Waals surface area (Å²) < 4.78 is 68.7. The van der Waals surface area contributed by atoms with E-state index in [1.807, 2.05) is 0 Å². The quantitative estimate of drug-likeness (QED) is 0.507. The van der Waals surface area contributed by atoms with Crippen LogP contribution in [-0.4, -0.2) is 36.8 Å². The second-order valence-electron chi connectivity index (χ2n) is 8.15. The monoisotopic (exact) mass is 524 g/mol. The molecule has 0 unspecified atom stereocenters. The van der Waals surface area contributed by atoms with Crippen molar-refractivity contribution in [1.82, 2.24) is 4.31 Å². The predicted octanol–water partition coefficient (Wildman–Crippen LogP) is 4.68. The number of rotatable bonds is 5. The molecule has 0 spiro atoms. The highest BCUT2D eigenvalue weighted by atomic mass is 35.5. The minimum Gasteiger partial charge on any atom is -0.385 e. The fourth-order valence-corrected chi connectivity index (χ4v) is 5.62. The fourth-order valence-electron chi connectivity index (χ4n) is 3.95. The number of nitrogens with zero attached hydrogens (tertiary/aromatic N) is 1. The molecule has 1 fully saturated rings. The van der Waals surface area contributed by atoms with Crippen LogP contribution in [-0.2, 0) is 15.6 Å². The first kappa shape index (κ1) is 25.2. The summed E-state index contributed by atoms with van der Waals surface area (Å²) in [6.07, 6.45) is -0.282. The largest absolute Gasteiger partial charge is 0.385 e. The van der Waals surface area contributed by atoms with Crippen LogP contribution >= 0.6 is 11.6 Å². The molecule has 3 aromatic rings. The number of halogens is 4. The molecule has 0 aromatic heterocycles. The third kappa shape index (κ3) is 5.06. The van der Waals surface area contributed by atoms with Gasteiger partial charge in [-0.1, -0.05) is 29.8 Å². The van der Waals surface area contributed by atoms with Crippen LogP contribution in [0.3, 0.4) is 0 Å².